The second-order valence-corrected chi connectivity index (χ2v) is 3.54. The first-order chi connectivity index (χ1) is 8.06. The molecule has 1 aliphatic heterocycles. The average Bonchev–Trinajstić information content (AvgIpc) is 2.59. The van der Waals surface area contributed by atoms with E-state index in [4.69, 9.17) is 9.84 Å². The number of ether oxygens (including phenoxy) is 1. The van der Waals surface area contributed by atoms with Crippen molar-refractivity contribution < 1.29 is 19.4 Å². The van der Waals surface area contributed by atoms with Crippen LogP contribution in [0.4, 0.5) is 0 Å². The number of carboxylic acids is 1. The van der Waals surface area contributed by atoms with Crippen LogP contribution in [0, 0.1) is 6.92 Å². The van der Waals surface area contributed by atoms with Gasteiger partial charge in [-0.3, -0.25) is 0 Å². The van der Waals surface area contributed by atoms with Gasteiger partial charge >= 0.3 is 11.9 Å². The fourth-order valence-electron chi connectivity index (χ4n) is 1.43. The van der Waals surface area contributed by atoms with Gasteiger partial charge in [0.2, 0.25) is 5.90 Å². The quantitative estimate of drug-likeness (QED) is 0.614. The van der Waals surface area contributed by atoms with E-state index in [0.29, 0.717) is 5.56 Å². The number of hydrogen-bond donors (Lipinski definition) is 1. The maximum absolute atomic E-state index is 11.3. The topological polar surface area (TPSA) is 76.0 Å². The van der Waals surface area contributed by atoms with Crippen LogP contribution in [0.2, 0.25) is 0 Å². The zero-order chi connectivity index (χ0) is 12.4. The lowest BCUT2D eigenvalue weighted by molar-refractivity contribution is -0.133. The van der Waals surface area contributed by atoms with E-state index in [-0.39, 0.29) is 11.6 Å². The van der Waals surface area contributed by atoms with Crippen LogP contribution in [-0.4, -0.2) is 22.9 Å². The molecule has 0 amide bonds. The monoisotopic (exact) mass is 231 g/mol. The van der Waals surface area contributed by atoms with Gasteiger partial charge in [0.15, 0.2) is 5.70 Å². The standard InChI is InChI=1S/C12H9NO4/c1-7-3-2-4-8(5-7)11-13-9(6-10(14)15)12(16)17-11/h2-6H,1H3,(H,14,15)/b9-6+. The van der Waals surface area contributed by atoms with E-state index in [1.807, 2.05) is 13.0 Å². The molecule has 0 aliphatic carbocycles. The highest BCUT2D eigenvalue weighted by Gasteiger charge is 2.24. The van der Waals surface area contributed by atoms with Gasteiger partial charge in [-0.2, -0.15) is 0 Å². The number of aryl methyl sites for hydroxylation is 1. The van der Waals surface area contributed by atoms with Gasteiger partial charge in [-0.05, 0) is 19.1 Å². The van der Waals surface area contributed by atoms with E-state index < -0.39 is 11.9 Å². The number of aliphatic carboxylic acids is 1. The number of carboxylic acid groups (broad SMARTS) is 1. The van der Waals surface area contributed by atoms with Crippen molar-refractivity contribution in [1.82, 2.24) is 0 Å². The van der Waals surface area contributed by atoms with Crippen molar-refractivity contribution in [1.29, 1.82) is 0 Å². The Morgan fingerprint density at radius 2 is 2.24 bits per heavy atom. The Bertz CT molecular complexity index is 557. The molecule has 0 saturated heterocycles. The van der Waals surface area contributed by atoms with Crippen molar-refractivity contribution in [2.75, 3.05) is 0 Å². The Hall–Kier alpha value is -2.43. The molecule has 0 saturated carbocycles. The summed E-state index contributed by atoms with van der Waals surface area (Å²) in [5.41, 5.74) is 1.44. The first kappa shape index (κ1) is 11.1. The number of nitrogens with zero attached hydrogens (tertiary/aromatic N) is 1. The molecule has 5 heteroatoms. The number of aliphatic imine (C=N–C) groups is 1. The van der Waals surface area contributed by atoms with E-state index in [0.717, 1.165) is 11.6 Å². The summed E-state index contributed by atoms with van der Waals surface area (Å²) in [6.07, 6.45) is 0.727. The van der Waals surface area contributed by atoms with Crippen molar-refractivity contribution in [3.05, 3.63) is 47.2 Å². The molecule has 1 aromatic rings. The van der Waals surface area contributed by atoms with Gasteiger partial charge in [0, 0.05) is 5.56 Å². The molecular formula is C12H9NO4. The number of cyclic esters (lactones) is 1. The molecule has 0 radical (unpaired) electrons. The number of benzene rings is 1. The summed E-state index contributed by atoms with van der Waals surface area (Å²) in [4.78, 5) is 25.6. The third-order valence-corrected chi connectivity index (χ3v) is 2.15. The average molecular weight is 231 g/mol. The molecule has 0 spiro atoms. The lowest BCUT2D eigenvalue weighted by Crippen LogP contribution is -2.06. The van der Waals surface area contributed by atoms with Crippen LogP contribution in [0.25, 0.3) is 0 Å². The van der Waals surface area contributed by atoms with Crippen LogP contribution in [-0.2, 0) is 14.3 Å². The third kappa shape index (κ3) is 2.39. The van der Waals surface area contributed by atoms with Crippen LogP contribution in [0.5, 0.6) is 0 Å². The lowest BCUT2D eigenvalue weighted by atomic mass is 10.1. The number of carbonyl (C=O) groups excluding carboxylic acids is 1. The SMILES string of the molecule is Cc1cccc(C2=N/C(=C/C(=O)O)C(=O)O2)c1. The fraction of sp³-hybridized carbons (Fsp3) is 0.0833. The molecule has 17 heavy (non-hydrogen) atoms. The van der Waals surface area contributed by atoms with Gasteiger partial charge in [0.25, 0.3) is 0 Å². The molecule has 1 heterocycles. The molecule has 2 rings (SSSR count). The van der Waals surface area contributed by atoms with Crippen LogP contribution >= 0.6 is 0 Å². The summed E-state index contributed by atoms with van der Waals surface area (Å²) in [6, 6.07) is 7.24. The molecule has 1 aromatic carbocycles. The Morgan fingerprint density at radius 3 is 2.88 bits per heavy atom. The van der Waals surface area contributed by atoms with Crippen molar-refractivity contribution in [2.45, 2.75) is 6.92 Å². The normalized spacial score (nSPS) is 16.9. The highest BCUT2D eigenvalue weighted by Crippen LogP contribution is 2.16. The molecule has 86 valence electrons. The predicted octanol–water partition coefficient (Wildman–Crippen LogP) is 1.27. The van der Waals surface area contributed by atoms with Crippen LogP contribution in [0.3, 0.4) is 0 Å². The van der Waals surface area contributed by atoms with E-state index >= 15 is 0 Å². The summed E-state index contributed by atoms with van der Waals surface area (Å²) in [6.45, 7) is 1.90. The summed E-state index contributed by atoms with van der Waals surface area (Å²) in [7, 11) is 0. The van der Waals surface area contributed by atoms with Gasteiger partial charge in [-0.1, -0.05) is 17.7 Å². The summed E-state index contributed by atoms with van der Waals surface area (Å²) < 4.78 is 4.90. The summed E-state index contributed by atoms with van der Waals surface area (Å²) >= 11 is 0. The number of rotatable bonds is 2. The minimum absolute atomic E-state index is 0.131. The Morgan fingerprint density at radius 1 is 1.47 bits per heavy atom. The van der Waals surface area contributed by atoms with Crippen molar-refractivity contribution in [3.63, 3.8) is 0 Å². The van der Waals surface area contributed by atoms with Crippen LogP contribution in [0.15, 0.2) is 41.0 Å². The number of hydrogen-bond acceptors (Lipinski definition) is 4. The molecule has 0 aromatic heterocycles. The molecule has 5 nitrogen and oxygen atoms in total. The van der Waals surface area contributed by atoms with Gasteiger partial charge in [0.1, 0.15) is 0 Å². The maximum atomic E-state index is 11.3. The van der Waals surface area contributed by atoms with Crippen LogP contribution in [0.1, 0.15) is 11.1 Å². The smallest absolute Gasteiger partial charge is 0.364 e. The molecule has 0 unspecified atom stereocenters. The second-order valence-electron chi connectivity index (χ2n) is 3.54. The lowest BCUT2D eigenvalue weighted by Gasteiger charge is -1.99. The molecule has 0 bridgehead atoms. The first-order valence-electron chi connectivity index (χ1n) is 4.89. The fourth-order valence-corrected chi connectivity index (χ4v) is 1.43. The van der Waals surface area contributed by atoms with Crippen molar-refractivity contribution in [2.24, 2.45) is 4.99 Å². The predicted molar refractivity (Wildman–Crippen MR) is 59.5 cm³/mol. The van der Waals surface area contributed by atoms with Crippen molar-refractivity contribution in [3.8, 4) is 0 Å². The molecule has 0 atom stereocenters. The number of carbonyl (C=O) groups is 2. The Kier molecular flexibility index (Phi) is 2.74. The third-order valence-electron chi connectivity index (χ3n) is 2.15. The summed E-state index contributed by atoms with van der Waals surface area (Å²) in [5.74, 6) is -1.85. The highest BCUT2D eigenvalue weighted by atomic mass is 16.6. The Labute approximate surface area is 97.1 Å². The molecule has 0 fully saturated rings. The Balaban J connectivity index is 2.37. The van der Waals surface area contributed by atoms with E-state index in [1.165, 1.54) is 0 Å². The van der Waals surface area contributed by atoms with Crippen molar-refractivity contribution >= 4 is 17.8 Å². The number of esters is 1. The van der Waals surface area contributed by atoms with Gasteiger partial charge in [0.05, 0.1) is 6.08 Å². The highest BCUT2D eigenvalue weighted by molar-refractivity contribution is 6.12. The van der Waals surface area contributed by atoms with Crippen LogP contribution < -0.4 is 0 Å². The largest absolute Gasteiger partial charge is 0.478 e. The second kappa shape index (κ2) is 4.21. The van der Waals surface area contributed by atoms with E-state index in [1.54, 1.807) is 18.2 Å². The molecule has 1 aliphatic rings. The minimum atomic E-state index is -1.23. The van der Waals surface area contributed by atoms with Gasteiger partial charge in [-0.25, -0.2) is 14.6 Å². The molecular weight excluding hydrogens is 222 g/mol. The zero-order valence-electron chi connectivity index (χ0n) is 9.01. The first-order valence-corrected chi connectivity index (χ1v) is 4.89. The maximum Gasteiger partial charge on any atom is 0.364 e. The van der Waals surface area contributed by atoms with E-state index in [2.05, 4.69) is 4.99 Å². The van der Waals surface area contributed by atoms with Gasteiger partial charge < -0.3 is 9.84 Å². The zero-order valence-corrected chi connectivity index (χ0v) is 9.01. The summed E-state index contributed by atoms with van der Waals surface area (Å²) in [5, 5.41) is 8.54. The van der Waals surface area contributed by atoms with E-state index in [9.17, 15) is 9.59 Å². The minimum Gasteiger partial charge on any atom is -0.478 e. The van der Waals surface area contributed by atoms with Gasteiger partial charge in [-0.15, -0.1) is 0 Å². The molecule has 1 N–H and O–H groups in total.